The van der Waals surface area contributed by atoms with Crippen LogP contribution in [-0.4, -0.2) is 46.4 Å². The van der Waals surface area contributed by atoms with Gasteiger partial charge < -0.3 is 10.6 Å². The first-order valence-corrected chi connectivity index (χ1v) is 8.66. The molecule has 1 amide bonds. The molecule has 21 heavy (non-hydrogen) atoms. The predicted molar refractivity (Wildman–Crippen MR) is 87.6 cm³/mol. The number of amides is 1. The smallest absolute Gasteiger partial charge is 0.266 e. The number of aryl methyl sites for hydroxylation is 2. The number of nitrogen functional groups attached to an aromatic ring is 1. The fourth-order valence-electron chi connectivity index (χ4n) is 2.43. The number of thiophene rings is 1. The lowest BCUT2D eigenvalue weighted by Gasteiger charge is -2.38. The lowest BCUT2D eigenvalue weighted by Crippen LogP contribution is -2.58. The lowest BCUT2D eigenvalue weighted by atomic mass is 10.1. The van der Waals surface area contributed by atoms with Gasteiger partial charge in [0.15, 0.2) is 0 Å². The maximum Gasteiger partial charge on any atom is 0.266 e. The van der Waals surface area contributed by atoms with Gasteiger partial charge in [-0.15, -0.1) is 16.4 Å². The van der Waals surface area contributed by atoms with Gasteiger partial charge >= 0.3 is 0 Å². The van der Waals surface area contributed by atoms with Crippen molar-refractivity contribution < 1.29 is 4.79 Å². The van der Waals surface area contributed by atoms with Gasteiger partial charge in [0.25, 0.3) is 5.91 Å². The summed E-state index contributed by atoms with van der Waals surface area (Å²) in [6.45, 7) is 5.30. The third kappa shape index (κ3) is 2.37. The lowest BCUT2D eigenvalue weighted by molar-refractivity contribution is 0.0601. The van der Waals surface area contributed by atoms with Gasteiger partial charge in [0.05, 0.1) is 17.4 Å². The number of carbonyl (C=O) groups excluding carboxylic acids is 1. The van der Waals surface area contributed by atoms with Gasteiger partial charge in [0.1, 0.15) is 9.71 Å². The highest BCUT2D eigenvalue weighted by Crippen LogP contribution is 2.36. The summed E-state index contributed by atoms with van der Waals surface area (Å²) in [7, 11) is 0. The van der Waals surface area contributed by atoms with E-state index in [-0.39, 0.29) is 5.91 Å². The Morgan fingerprint density at radius 3 is 2.81 bits per heavy atom. The first-order valence-electron chi connectivity index (χ1n) is 6.62. The van der Waals surface area contributed by atoms with Gasteiger partial charge in [0.2, 0.25) is 0 Å². The zero-order valence-corrected chi connectivity index (χ0v) is 13.8. The Hall–Kier alpha value is -1.38. The van der Waals surface area contributed by atoms with E-state index in [4.69, 9.17) is 5.73 Å². The van der Waals surface area contributed by atoms with E-state index in [0.29, 0.717) is 16.6 Å². The van der Waals surface area contributed by atoms with Gasteiger partial charge in [-0.25, -0.2) is 0 Å². The van der Waals surface area contributed by atoms with Crippen molar-refractivity contribution in [2.75, 3.05) is 25.1 Å². The predicted octanol–water partition coefficient (Wildman–Crippen LogP) is 1.58. The highest BCUT2D eigenvalue weighted by atomic mass is 32.2. The summed E-state index contributed by atoms with van der Waals surface area (Å²) in [4.78, 5) is 15.7. The molecule has 8 heteroatoms. The van der Waals surface area contributed by atoms with Crippen LogP contribution in [0, 0.1) is 13.8 Å². The highest BCUT2D eigenvalue weighted by molar-refractivity contribution is 7.96. The number of hydrogen-bond donors (Lipinski definition) is 2. The van der Waals surface area contributed by atoms with E-state index in [2.05, 4.69) is 14.9 Å². The number of anilines is 1. The third-order valence-electron chi connectivity index (χ3n) is 3.78. The molecule has 1 fully saturated rings. The Morgan fingerprint density at radius 1 is 1.43 bits per heavy atom. The summed E-state index contributed by atoms with van der Waals surface area (Å²) in [5.41, 5.74) is 8.58. The van der Waals surface area contributed by atoms with E-state index in [1.165, 1.54) is 11.3 Å². The van der Waals surface area contributed by atoms with E-state index in [9.17, 15) is 4.79 Å². The Balaban J connectivity index is 1.90. The van der Waals surface area contributed by atoms with Crippen LogP contribution in [0.25, 0.3) is 10.2 Å². The van der Waals surface area contributed by atoms with Crippen molar-refractivity contribution in [1.82, 2.24) is 19.8 Å². The van der Waals surface area contributed by atoms with Crippen molar-refractivity contribution in [3.63, 3.8) is 0 Å². The summed E-state index contributed by atoms with van der Waals surface area (Å²) in [6, 6.07) is 0.364. The summed E-state index contributed by atoms with van der Waals surface area (Å²) in [6.07, 6.45) is 1.98. The molecule has 0 bridgehead atoms. The molecule has 3 rings (SSSR count). The second kappa shape index (κ2) is 5.43. The zero-order chi connectivity index (χ0) is 15.1. The molecule has 0 unspecified atom stereocenters. The van der Waals surface area contributed by atoms with E-state index >= 15 is 0 Å². The molecule has 1 aliphatic rings. The molecule has 0 saturated carbocycles. The van der Waals surface area contributed by atoms with E-state index in [1.807, 2.05) is 25.0 Å². The standard InChI is InChI=1S/C13H17N5OS2/c1-6-7(2)15-16-12-9(6)10(14)11(21-12)13(19)18-4-8(5-18)17-20-3/h8,17H,4-5,14H2,1-3H3. The molecule has 6 nitrogen and oxygen atoms in total. The Labute approximate surface area is 131 Å². The number of nitrogens with zero attached hydrogens (tertiary/aromatic N) is 3. The van der Waals surface area contributed by atoms with Gasteiger partial charge in [0, 0.05) is 18.5 Å². The first kappa shape index (κ1) is 14.6. The van der Waals surface area contributed by atoms with E-state index in [1.54, 1.807) is 11.9 Å². The van der Waals surface area contributed by atoms with Crippen molar-refractivity contribution in [2.24, 2.45) is 0 Å². The van der Waals surface area contributed by atoms with E-state index in [0.717, 1.165) is 34.6 Å². The number of nitrogens with one attached hydrogen (secondary N) is 1. The number of fused-ring (bicyclic) bond motifs is 1. The number of rotatable bonds is 3. The quantitative estimate of drug-likeness (QED) is 0.834. The third-order valence-corrected chi connectivity index (χ3v) is 5.43. The van der Waals surface area contributed by atoms with Crippen LogP contribution in [0.2, 0.25) is 0 Å². The summed E-state index contributed by atoms with van der Waals surface area (Å²) >= 11 is 2.91. The first-order chi connectivity index (χ1) is 10.0. The van der Waals surface area contributed by atoms with Crippen molar-refractivity contribution >= 4 is 45.1 Å². The number of likely N-dealkylation sites (tertiary alicyclic amines) is 1. The molecule has 0 radical (unpaired) electrons. The highest BCUT2D eigenvalue weighted by Gasteiger charge is 2.33. The number of aromatic nitrogens is 2. The minimum atomic E-state index is -0.00768. The van der Waals surface area contributed by atoms with Crippen LogP contribution in [0.5, 0.6) is 0 Å². The molecule has 0 aliphatic carbocycles. The number of hydrogen-bond acceptors (Lipinski definition) is 7. The normalized spacial score (nSPS) is 15.5. The largest absolute Gasteiger partial charge is 0.397 e. The average molecular weight is 323 g/mol. The molecule has 0 atom stereocenters. The van der Waals surface area contributed by atoms with Crippen LogP contribution in [0.15, 0.2) is 0 Å². The van der Waals surface area contributed by atoms with Crippen molar-refractivity contribution in [1.29, 1.82) is 0 Å². The van der Waals surface area contributed by atoms with Crippen LogP contribution in [0.4, 0.5) is 5.69 Å². The topological polar surface area (TPSA) is 84.1 Å². The van der Waals surface area contributed by atoms with E-state index < -0.39 is 0 Å². The fourth-order valence-corrected chi connectivity index (χ4v) is 3.98. The second-order valence-electron chi connectivity index (χ2n) is 5.16. The van der Waals surface area contributed by atoms with Gasteiger partial charge in [-0.1, -0.05) is 11.9 Å². The molecule has 0 aromatic carbocycles. The van der Waals surface area contributed by atoms with Crippen LogP contribution in [0.3, 0.4) is 0 Å². The summed E-state index contributed by atoms with van der Waals surface area (Å²) in [5.74, 6) is -0.00768. The minimum Gasteiger partial charge on any atom is -0.397 e. The summed E-state index contributed by atoms with van der Waals surface area (Å²) < 4.78 is 3.25. The van der Waals surface area contributed by atoms with Crippen molar-refractivity contribution in [3.8, 4) is 0 Å². The Bertz CT molecular complexity index is 708. The zero-order valence-electron chi connectivity index (χ0n) is 12.1. The second-order valence-corrected chi connectivity index (χ2v) is 6.81. The maximum absolute atomic E-state index is 12.5. The van der Waals surface area contributed by atoms with Crippen LogP contribution >= 0.6 is 23.3 Å². The SMILES string of the molecule is CSNC1CN(C(=O)c2sc3nnc(C)c(C)c3c2N)C1. The average Bonchev–Trinajstić information content (AvgIpc) is 2.75. The fraction of sp³-hybridized carbons (Fsp3) is 0.462. The van der Waals surface area contributed by atoms with Gasteiger partial charge in [-0.3, -0.25) is 9.52 Å². The molecule has 0 spiro atoms. The molecule has 3 heterocycles. The van der Waals surface area contributed by atoms with Gasteiger partial charge in [-0.2, -0.15) is 5.10 Å². The summed E-state index contributed by atoms with van der Waals surface area (Å²) in [5, 5.41) is 9.13. The molecule has 2 aromatic rings. The number of nitrogens with two attached hydrogens (primary N) is 1. The molecule has 2 aromatic heterocycles. The Morgan fingerprint density at radius 2 is 2.14 bits per heavy atom. The van der Waals surface area contributed by atoms with Crippen LogP contribution in [0.1, 0.15) is 20.9 Å². The van der Waals surface area contributed by atoms with Crippen LogP contribution < -0.4 is 10.5 Å². The molecule has 1 saturated heterocycles. The molecule has 1 aliphatic heterocycles. The Kier molecular flexibility index (Phi) is 3.76. The van der Waals surface area contributed by atoms with Crippen LogP contribution in [-0.2, 0) is 0 Å². The molecule has 112 valence electrons. The molecular weight excluding hydrogens is 306 g/mol. The monoisotopic (exact) mass is 323 g/mol. The molecular formula is C13H17N5OS2. The van der Waals surface area contributed by atoms with Crippen molar-refractivity contribution in [2.45, 2.75) is 19.9 Å². The minimum absolute atomic E-state index is 0.00768. The van der Waals surface area contributed by atoms with Crippen molar-refractivity contribution in [3.05, 3.63) is 16.1 Å². The van der Waals surface area contributed by atoms with Gasteiger partial charge in [-0.05, 0) is 25.7 Å². The maximum atomic E-state index is 12.5. The number of carbonyl (C=O) groups is 1. The molecule has 3 N–H and O–H groups in total.